The van der Waals surface area contributed by atoms with E-state index in [0.717, 1.165) is 0 Å². The van der Waals surface area contributed by atoms with Gasteiger partial charge in [-0.1, -0.05) is 0 Å². The third-order valence-electron chi connectivity index (χ3n) is 4.97. The van der Waals surface area contributed by atoms with E-state index in [9.17, 15) is 22.4 Å². The lowest BCUT2D eigenvalue weighted by Gasteiger charge is -2.38. The molecule has 1 aliphatic rings. The molecule has 1 aliphatic heterocycles. The zero-order valence-electron chi connectivity index (χ0n) is 17.1. The molecule has 1 amide bonds. The lowest BCUT2D eigenvalue weighted by molar-refractivity contribution is -0.146. The van der Waals surface area contributed by atoms with Crippen molar-refractivity contribution in [2.75, 3.05) is 26.2 Å². The summed E-state index contributed by atoms with van der Waals surface area (Å²) in [5.74, 6) is -1.50. The summed E-state index contributed by atoms with van der Waals surface area (Å²) in [4.78, 5) is 25.4. The number of aromatic carboxylic acids is 1. The highest BCUT2D eigenvalue weighted by Gasteiger charge is 2.37. The lowest BCUT2D eigenvalue weighted by atomic mass is 10.1. The van der Waals surface area contributed by atoms with Crippen LogP contribution in [0, 0.1) is 5.82 Å². The van der Waals surface area contributed by atoms with Gasteiger partial charge in [0.1, 0.15) is 11.6 Å². The number of hydrogen-bond acceptors (Lipinski definition) is 5. The van der Waals surface area contributed by atoms with Gasteiger partial charge in [0.2, 0.25) is 10.0 Å². The quantitative estimate of drug-likeness (QED) is 0.724. The largest absolute Gasteiger partial charge is 0.478 e. The van der Waals surface area contributed by atoms with Crippen molar-refractivity contribution in [1.29, 1.82) is 0 Å². The molecule has 0 bridgehead atoms. The van der Waals surface area contributed by atoms with Gasteiger partial charge in [-0.25, -0.2) is 17.6 Å². The monoisotopic (exact) mass is 450 g/mol. The maximum Gasteiger partial charge on any atom is 0.335 e. The van der Waals surface area contributed by atoms with Gasteiger partial charge in [-0.05, 0) is 62.4 Å². The number of carbonyl (C=O) groups is 2. The third kappa shape index (κ3) is 5.02. The number of piperazine rings is 1. The van der Waals surface area contributed by atoms with Crippen LogP contribution in [0.1, 0.15) is 24.2 Å². The molecule has 3 rings (SSSR count). The van der Waals surface area contributed by atoms with Gasteiger partial charge in [0, 0.05) is 26.2 Å². The van der Waals surface area contributed by atoms with Crippen LogP contribution in [0.15, 0.2) is 53.4 Å². The number of sulfonamides is 1. The zero-order chi connectivity index (χ0) is 22.8. The molecule has 1 fully saturated rings. The summed E-state index contributed by atoms with van der Waals surface area (Å²) in [6.07, 6.45) is 0. The normalized spacial score (nSPS) is 15.5. The molecular weight excluding hydrogens is 427 g/mol. The van der Waals surface area contributed by atoms with Crippen molar-refractivity contribution in [3.8, 4) is 5.75 Å². The molecule has 1 N–H and O–H groups in total. The molecule has 8 nitrogen and oxygen atoms in total. The lowest BCUT2D eigenvalue weighted by Crippen LogP contribution is -2.56. The second kappa shape index (κ2) is 8.64. The number of carboxylic acid groups (broad SMARTS) is 1. The second-order valence-electron chi connectivity index (χ2n) is 7.59. The maximum absolute atomic E-state index is 13.1. The number of rotatable bonds is 6. The van der Waals surface area contributed by atoms with Crippen LogP contribution in [-0.2, 0) is 14.8 Å². The first-order valence-corrected chi connectivity index (χ1v) is 11.0. The van der Waals surface area contributed by atoms with Crippen molar-refractivity contribution in [2.24, 2.45) is 0 Å². The van der Waals surface area contributed by atoms with E-state index in [1.54, 1.807) is 13.8 Å². The molecule has 2 aromatic carbocycles. The molecule has 0 aromatic heterocycles. The third-order valence-corrected chi connectivity index (χ3v) is 6.88. The van der Waals surface area contributed by atoms with Crippen LogP contribution in [0.2, 0.25) is 0 Å². The van der Waals surface area contributed by atoms with Crippen molar-refractivity contribution >= 4 is 21.9 Å². The van der Waals surface area contributed by atoms with Gasteiger partial charge in [0.25, 0.3) is 5.91 Å². The SMILES string of the molecule is CC(C)(Oc1ccc(F)cc1)C(=O)N1CCN(S(=O)(=O)c2ccc(C(=O)O)cc2)CC1. The molecule has 0 saturated carbocycles. The average molecular weight is 450 g/mol. The Bertz CT molecular complexity index is 1060. The van der Waals surface area contributed by atoms with Crippen molar-refractivity contribution in [3.63, 3.8) is 0 Å². The Kier molecular flexibility index (Phi) is 6.33. The van der Waals surface area contributed by atoms with Crippen LogP contribution in [0.25, 0.3) is 0 Å². The van der Waals surface area contributed by atoms with Gasteiger partial charge in [-0.2, -0.15) is 4.31 Å². The number of amides is 1. The number of nitrogens with zero attached hydrogens (tertiary/aromatic N) is 2. The topological polar surface area (TPSA) is 104 Å². The molecule has 1 saturated heterocycles. The van der Waals surface area contributed by atoms with E-state index in [4.69, 9.17) is 9.84 Å². The van der Waals surface area contributed by atoms with E-state index in [2.05, 4.69) is 0 Å². The van der Waals surface area contributed by atoms with Gasteiger partial charge in [0.15, 0.2) is 5.60 Å². The maximum atomic E-state index is 13.1. The summed E-state index contributed by atoms with van der Waals surface area (Å²) in [6, 6.07) is 10.3. The molecule has 0 unspecified atom stereocenters. The Morgan fingerprint density at radius 2 is 1.52 bits per heavy atom. The van der Waals surface area contributed by atoms with Crippen molar-refractivity contribution in [2.45, 2.75) is 24.3 Å². The van der Waals surface area contributed by atoms with E-state index in [1.807, 2.05) is 0 Å². The molecular formula is C21H23FN2O6S. The molecule has 0 atom stereocenters. The van der Waals surface area contributed by atoms with Gasteiger partial charge < -0.3 is 14.7 Å². The van der Waals surface area contributed by atoms with Crippen LogP contribution in [0.3, 0.4) is 0 Å². The fourth-order valence-electron chi connectivity index (χ4n) is 3.27. The molecule has 0 spiro atoms. The molecule has 31 heavy (non-hydrogen) atoms. The van der Waals surface area contributed by atoms with Crippen LogP contribution in [-0.4, -0.2) is 66.4 Å². The van der Waals surface area contributed by atoms with Crippen LogP contribution in [0.4, 0.5) is 4.39 Å². The second-order valence-corrected chi connectivity index (χ2v) is 9.53. The molecule has 2 aromatic rings. The molecule has 166 valence electrons. The van der Waals surface area contributed by atoms with E-state index in [-0.39, 0.29) is 42.5 Å². The van der Waals surface area contributed by atoms with Crippen molar-refractivity contribution in [1.82, 2.24) is 9.21 Å². The first kappa shape index (κ1) is 22.7. The Balaban J connectivity index is 1.64. The fraction of sp³-hybridized carbons (Fsp3) is 0.333. The number of carbonyl (C=O) groups excluding carboxylic acids is 1. The fourth-order valence-corrected chi connectivity index (χ4v) is 4.69. The summed E-state index contributed by atoms with van der Waals surface area (Å²) < 4.78 is 45.7. The smallest absolute Gasteiger partial charge is 0.335 e. The van der Waals surface area contributed by atoms with E-state index in [0.29, 0.717) is 5.75 Å². The van der Waals surface area contributed by atoms with Crippen LogP contribution in [0.5, 0.6) is 5.75 Å². The minimum Gasteiger partial charge on any atom is -0.478 e. The van der Waals surface area contributed by atoms with Gasteiger partial charge in [-0.3, -0.25) is 4.79 Å². The predicted octanol–water partition coefficient (Wildman–Crippen LogP) is 2.21. The Morgan fingerprint density at radius 3 is 2.03 bits per heavy atom. The standard InChI is InChI=1S/C21H23FN2O6S/c1-21(2,30-17-7-5-16(22)6-8-17)20(27)23-11-13-24(14-12-23)31(28,29)18-9-3-15(4-10-18)19(25)26/h3-10H,11-14H2,1-2H3,(H,25,26). The number of carboxylic acids is 1. The average Bonchev–Trinajstić information content (AvgIpc) is 2.75. The minimum absolute atomic E-state index is 0.00208. The molecule has 1 heterocycles. The summed E-state index contributed by atoms with van der Waals surface area (Å²) in [6.45, 7) is 3.77. The van der Waals surface area contributed by atoms with Crippen LogP contribution >= 0.6 is 0 Å². The van der Waals surface area contributed by atoms with Gasteiger partial charge >= 0.3 is 5.97 Å². The van der Waals surface area contributed by atoms with E-state index in [1.165, 1.54) is 57.7 Å². The molecule has 0 radical (unpaired) electrons. The first-order valence-electron chi connectivity index (χ1n) is 9.58. The number of halogens is 1. The number of benzene rings is 2. The van der Waals surface area contributed by atoms with Gasteiger partial charge in [-0.15, -0.1) is 0 Å². The van der Waals surface area contributed by atoms with Gasteiger partial charge in [0.05, 0.1) is 10.5 Å². The van der Waals surface area contributed by atoms with Crippen molar-refractivity contribution in [3.05, 3.63) is 59.9 Å². The highest BCUT2D eigenvalue weighted by atomic mass is 32.2. The Labute approximate surface area is 179 Å². The Morgan fingerprint density at radius 1 is 0.968 bits per heavy atom. The Hall–Kier alpha value is -2.98. The molecule has 0 aliphatic carbocycles. The predicted molar refractivity (Wildman–Crippen MR) is 110 cm³/mol. The first-order chi connectivity index (χ1) is 14.5. The van der Waals surface area contributed by atoms with E-state index >= 15 is 0 Å². The zero-order valence-corrected chi connectivity index (χ0v) is 17.9. The molecule has 10 heteroatoms. The van der Waals surface area contributed by atoms with Crippen LogP contribution < -0.4 is 4.74 Å². The number of ether oxygens (including phenoxy) is 1. The van der Waals surface area contributed by atoms with E-state index < -0.39 is 27.4 Å². The highest BCUT2D eigenvalue weighted by molar-refractivity contribution is 7.89. The highest BCUT2D eigenvalue weighted by Crippen LogP contribution is 2.23. The van der Waals surface area contributed by atoms with Crippen molar-refractivity contribution < 1.29 is 32.2 Å². The number of hydrogen-bond donors (Lipinski definition) is 1. The summed E-state index contributed by atoms with van der Waals surface area (Å²) in [5.41, 5.74) is -1.22. The minimum atomic E-state index is -3.81. The summed E-state index contributed by atoms with van der Waals surface area (Å²) in [7, 11) is -3.81. The summed E-state index contributed by atoms with van der Waals surface area (Å²) >= 11 is 0. The summed E-state index contributed by atoms with van der Waals surface area (Å²) in [5, 5.41) is 8.96.